The number of rotatable bonds is 5. The molecule has 0 aromatic heterocycles. The van der Waals surface area contributed by atoms with E-state index in [1.54, 1.807) is 6.92 Å². The molecule has 0 amide bonds. The summed E-state index contributed by atoms with van der Waals surface area (Å²) in [6, 6.07) is -3.49. The molecule has 0 saturated heterocycles. The Bertz CT molecular complexity index is 649. The van der Waals surface area contributed by atoms with Crippen LogP contribution in [-0.2, 0) is 15.1 Å². The maximum Gasteiger partial charge on any atom is 0.446 e. The Balaban J connectivity index is 0.00000441. The second-order valence-corrected chi connectivity index (χ2v) is 3.87. The van der Waals surface area contributed by atoms with Gasteiger partial charge in [-0.2, -0.15) is 8.42 Å². The summed E-state index contributed by atoms with van der Waals surface area (Å²) in [5, 5.41) is 0. The van der Waals surface area contributed by atoms with E-state index in [9.17, 15) is 13.2 Å². The van der Waals surface area contributed by atoms with Crippen LogP contribution in [0.25, 0.3) is 0 Å². The van der Waals surface area contributed by atoms with Crippen molar-refractivity contribution in [3.63, 3.8) is 0 Å². The normalized spacial score (nSPS) is 13.4. The molecule has 1 aromatic carbocycles. The molecule has 0 aliphatic heterocycles. The van der Waals surface area contributed by atoms with E-state index in [1.165, 1.54) is 0 Å². The molecule has 1 aromatic rings. The summed E-state index contributed by atoms with van der Waals surface area (Å²) in [6.07, 6.45) is 0.498. The van der Waals surface area contributed by atoms with Crippen molar-refractivity contribution >= 4 is 16.4 Å². The van der Waals surface area contributed by atoms with E-state index >= 15 is 0 Å². The summed E-state index contributed by atoms with van der Waals surface area (Å²) in [6.45, 7) is 1.76. The van der Waals surface area contributed by atoms with Gasteiger partial charge in [0.05, 0.1) is 17.7 Å². The highest BCUT2D eigenvalue weighted by Gasteiger charge is 2.09. The van der Waals surface area contributed by atoms with Crippen LogP contribution in [0.4, 0.5) is 0 Å². The van der Waals surface area contributed by atoms with E-state index < -0.39 is 51.9 Å². The predicted octanol–water partition coefficient (Wildman–Crippen LogP) is 1.60. The molecule has 0 unspecified atom stereocenters. The maximum atomic E-state index is 11.7. The van der Waals surface area contributed by atoms with Crippen LogP contribution in [0.3, 0.4) is 0 Å². The Morgan fingerprint density at radius 3 is 2.39 bits per heavy atom. The van der Waals surface area contributed by atoms with Gasteiger partial charge in [0.1, 0.15) is 5.75 Å². The molecule has 0 aliphatic rings. The first kappa shape index (κ1) is 10.3. The monoisotopic (exact) mass is 281 g/mol. The number of benzene rings is 1. The van der Waals surface area contributed by atoms with Crippen LogP contribution in [0, 0.1) is 0 Å². The third kappa shape index (κ3) is 5.62. The molecule has 0 atom stereocenters. The molecule has 0 saturated carbocycles. The number of carbonyl (C=O) groups excluding carboxylic acids is 1. The first-order valence-corrected chi connectivity index (χ1v) is 5.91. The highest BCUT2D eigenvalue weighted by Crippen LogP contribution is 2.14. The first-order chi connectivity index (χ1) is 9.60. The van der Waals surface area contributed by atoms with Crippen molar-refractivity contribution in [1.29, 1.82) is 0 Å². The Hall–Kier alpha value is -1.64. The summed E-state index contributed by atoms with van der Waals surface area (Å²) < 4.78 is 68.8. The lowest BCUT2D eigenvalue weighted by molar-refractivity contribution is 0.0505. The number of hydrogen-bond donors (Lipinski definition) is 2. The van der Waals surface area contributed by atoms with Gasteiger partial charge in [-0.3, -0.25) is 4.55 Å². The van der Waals surface area contributed by atoms with E-state index in [2.05, 4.69) is 4.18 Å². The van der Waals surface area contributed by atoms with Crippen molar-refractivity contribution in [3.8, 4) is 5.75 Å². The number of ether oxygens (including phenoxy) is 1. The molecule has 0 heterocycles. The van der Waals surface area contributed by atoms with Crippen molar-refractivity contribution in [2.75, 3.05) is 6.61 Å². The van der Waals surface area contributed by atoms with Gasteiger partial charge in [-0.15, -0.1) is 0 Å². The Morgan fingerprint density at radius 2 is 1.94 bits per heavy atom. The number of esters is 1. The fourth-order valence-electron chi connectivity index (χ4n) is 0.817. The molecule has 0 radical (unpaired) electrons. The van der Waals surface area contributed by atoms with Crippen molar-refractivity contribution < 1.29 is 32.2 Å². The Morgan fingerprint density at radius 1 is 1.39 bits per heavy atom. The standard InChI is InChI=1S/C10H12O6S.H3N/c1-2-7-15-10(11)8-3-5-9(6-4-8)16-17(12,13)14;/h3-6H,2,7H2,1H3,(H,12,13,14);1H3/i3D,4D,5D,6D;. The fraction of sp³-hybridized carbons (Fsp3) is 0.300. The summed E-state index contributed by atoms with van der Waals surface area (Å²) in [4.78, 5) is 11.7. The first-order valence-electron chi connectivity index (χ1n) is 6.54. The third-order valence-electron chi connectivity index (χ3n) is 1.43. The summed E-state index contributed by atoms with van der Waals surface area (Å²) >= 11 is 0. The van der Waals surface area contributed by atoms with Gasteiger partial charge in [-0.05, 0) is 30.6 Å². The van der Waals surface area contributed by atoms with Gasteiger partial charge in [0.2, 0.25) is 0 Å². The SMILES string of the molecule is N.[2H]c1c([2H])c(C(=O)OCCC)c([2H])c([2H])c1OS(=O)(=O)O. The van der Waals surface area contributed by atoms with Crippen LogP contribution in [0.1, 0.15) is 29.2 Å². The highest BCUT2D eigenvalue weighted by molar-refractivity contribution is 7.81. The van der Waals surface area contributed by atoms with Gasteiger partial charge in [-0.1, -0.05) is 6.92 Å². The lowest BCUT2D eigenvalue weighted by atomic mass is 10.2. The fourth-order valence-corrected chi connectivity index (χ4v) is 1.11. The molecule has 0 aliphatic carbocycles. The van der Waals surface area contributed by atoms with E-state index in [4.69, 9.17) is 14.8 Å². The largest absolute Gasteiger partial charge is 0.462 e. The van der Waals surface area contributed by atoms with E-state index in [0.29, 0.717) is 6.42 Å². The van der Waals surface area contributed by atoms with Crippen molar-refractivity contribution in [2.24, 2.45) is 0 Å². The Kier molecular flexibility index (Phi) is 3.97. The predicted molar refractivity (Wildman–Crippen MR) is 64.2 cm³/mol. The molecule has 0 fully saturated rings. The van der Waals surface area contributed by atoms with E-state index in [0.717, 1.165) is 0 Å². The van der Waals surface area contributed by atoms with Gasteiger partial charge in [0.25, 0.3) is 0 Å². The minimum atomic E-state index is -5.03. The minimum absolute atomic E-state index is 0. The van der Waals surface area contributed by atoms with Crippen LogP contribution in [0.2, 0.25) is 0 Å². The second kappa shape index (κ2) is 6.94. The summed E-state index contributed by atoms with van der Waals surface area (Å²) in [7, 11) is -5.03. The quantitative estimate of drug-likeness (QED) is 0.620. The minimum Gasteiger partial charge on any atom is -0.462 e. The molecule has 0 spiro atoms. The third-order valence-corrected chi connectivity index (χ3v) is 1.81. The molecular weight excluding hydrogens is 262 g/mol. The number of carbonyl (C=O) groups is 1. The van der Waals surface area contributed by atoms with Crippen molar-refractivity contribution in [3.05, 3.63) is 29.7 Å². The zero-order chi connectivity index (χ0) is 16.4. The van der Waals surface area contributed by atoms with Crippen LogP contribution in [0.5, 0.6) is 5.75 Å². The average molecular weight is 281 g/mol. The van der Waals surface area contributed by atoms with Crippen molar-refractivity contribution in [2.45, 2.75) is 13.3 Å². The zero-order valence-corrected chi connectivity index (χ0v) is 10.3. The molecule has 102 valence electrons. The van der Waals surface area contributed by atoms with Crippen LogP contribution in [-0.4, -0.2) is 25.5 Å². The van der Waals surface area contributed by atoms with Gasteiger partial charge < -0.3 is 15.1 Å². The molecule has 18 heavy (non-hydrogen) atoms. The lowest BCUT2D eigenvalue weighted by Crippen LogP contribution is -2.08. The molecule has 4 N–H and O–H groups in total. The van der Waals surface area contributed by atoms with E-state index in [-0.39, 0.29) is 12.8 Å². The maximum absolute atomic E-state index is 11.7. The highest BCUT2D eigenvalue weighted by atomic mass is 32.3. The number of hydrogen-bond acceptors (Lipinski definition) is 6. The molecule has 7 nitrogen and oxygen atoms in total. The smallest absolute Gasteiger partial charge is 0.446 e. The lowest BCUT2D eigenvalue weighted by Gasteiger charge is -2.04. The molecule has 1 rings (SSSR count). The molecular formula is C10H15NO6S. The van der Waals surface area contributed by atoms with Gasteiger partial charge >= 0.3 is 16.4 Å². The Labute approximate surface area is 111 Å². The molecule has 0 bridgehead atoms. The second-order valence-electron chi connectivity index (χ2n) is 2.85. The topological polar surface area (TPSA) is 125 Å². The van der Waals surface area contributed by atoms with Gasteiger partial charge in [-0.25, -0.2) is 4.79 Å². The van der Waals surface area contributed by atoms with Crippen LogP contribution >= 0.6 is 0 Å². The van der Waals surface area contributed by atoms with Crippen LogP contribution in [0.15, 0.2) is 24.2 Å². The summed E-state index contributed by atoms with van der Waals surface area (Å²) in [5.41, 5.74) is -0.638. The van der Waals surface area contributed by atoms with Crippen molar-refractivity contribution in [1.82, 2.24) is 6.15 Å². The molecule has 8 heteroatoms. The zero-order valence-electron chi connectivity index (χ0n) is 13.5. The van der Waals surface area contributed by atoms with Gasteiger partial charge in [0, 0.05) is 0 Å². The summed E-state index contributed by atoms with van der Waals surface area (Å²) in [5.74, 6) is -2.06. The van der Waals surface area contributed by atoms with Crippen LogP contribution < -0.4 is 10.3 Å². The van der Waals surface area contributed by atoms with Gasteiger partial charge in [0.15, 0.2) is 0 Å². The van der Waals surface area contributed by atoms with E-state index in [1.807, 2.05) is 0 Å². The average Bonchev–Trinajstić information content (AvgIpc) is 2.38.